The summed E-state index contributed by atoms with van der Waals surface area (Å²) in [7, 11) is 0. The first-order chi connectivity index (χ1) is 9.63. The minimum atomic E-state index is -0.586. The van der Waals surface area contributed by atoms with E-state index in [1.54, 1.807) is 0 Å². The van der Waals surface area contributed by atoms with Gasteiger partial charge in [-0.25, -0.2) is 14.4 Å². The summed E-state index contributed by atoms with van der Waals surface area (Å²) >= 11 is 0. The Morgan fingerprint density at radius 1 is 1.35 bits per heavy atom. The van der Waals surface area contributed by atoms with Gasteiger partial charge < -0.3 is 10.7 Å². The van der Waals surface area contributed by atoms with Crippen LogP contribution in [0.25, 0.3) is 11.2 Å². The molecule has 0 aliphatic rings. The number of anilines is 2. The number of carbonyl (C=O) groups excluding carboxylic acids is 1. The Morgan fingerprint density at radius 2 is 2.20 bits per heavy atom. The summed E-state index contributed by atoms with van der Waals surface area (Å²) in [5, 5.41) is 2.45. The van der Waals surface area contributed by atoms with Crippen LogP contribution in [0.5, 0.6) is 0 Å². The molecule has 4 N–H and O–H groups in total. The lowest BCUT2D eigenvalue weighted by atomic mass is 10.1. The van der Waals surface area contributed by atoms with Crippen LogP contribution in [0.3, 0.4) is 0 Å². The summed E-state index contributed by atoms with van der Waals surface area (Å²) in [6.45, 7) is 0. The maximum absolute atomic E-state index is 13.1. The minimum absolute atomic E-state index is 0.0238. The Balaban J connectivity index is 1.89. The van der Waals surface area contributed by atoms with Crippen LogP contribution in [0.2, 0.25) is 0 Å². The third-order valence-electron chi connectivity index (χ3n) is 2.66. The van der Waals surface area contributed by atoms with Crippen LogP contribution in [0.15, 0.2) is 30.7 Å². The predicted molar refractivity (Wildman–Crippen MR) is 70.4 cm³/mol. The van der Waals surface area contributed by atoms with Crippen LogP contribution in [0, 0.1) is 5.82 Å². The van der Waals surface area contributed by atoms with E-state index in [1.807, 2.05) is 0 Å². The average molecular weight is 272 g/mol. The zero-order valence-corrected chi connectivity index (χ0v) is 10.1. The Kier molecular flexibility index (Phi) is 2.75. The molecule has 1 amide bonds. The van der Waals surface area contributed by atoms with Gasteiger partial charge in [-0.05, 0) is 18.2 Å². The number of nitrogen functional groups attached to an aromatic ring is 1. The molecule has 2 aromatic heterocycles. The largest absolute Gasteiger partial charge is 0.398 e. The molecule has 0 aliphatic carbocycles. The quantitative estimate of drug-likeness (QED) is 0.609. The Labute approximate surface area is 112 Å². The fourth-order valence-corrected chi connectivity index (χ4v) is 1.69. The van der Waals surface area contributed by atoms with Crippen LogP contribution >= 0.6 is 0 Å². The van der Waals surface area contributed by atoms with Gasteiger partial charge in [0.1, 0.15) is 11.3 Å². The van der Waals surface area contributed by atoms with E-state index in [2.05, 4.69) is 25.3 Å². The number of amides is 1. The van der Waals surface area contributed by atoms with Crippen molar-refractivity contribution in [2.75, 3.05) is 11.1 Å². The highest BCUT2D eigenvalue weighted by Gasteiger charge is 2.13. The van der Waals surface area contributed by atoms with Gasteiger partial charge in [0.2, 0.25) is 5.95 Å². The lowest BCUT2D eigenvalue weighted by Gasteiger charge is -2.06. The number of nitrogens with zero attached hydrogens (tertiary/aromatic N) is 3. The highest BCUT2D eigenvalue weighted by molar-refractivity contribution is 6.07. The molecule has 0 atom stereocenters. The average Bonchev–Trinajstić information content (AvgIpc) is 2.89. The molecule has 0 fully saturated rings. The van der Waals surface area contributed by atoms with E-state index in [-0.39, 0.29) is 17.2 Å². The molecular formula is C12H9FN6O. The van der Waals surface area contributed by atoms with Crippen molar-refractivity contribution in [3.05, 3.63) is 42.1 Å². The molecule has 1 aromatic carbocycles. The molecule has 0 saturated heterocycles. The van der Waals surface area contributed by atoms with Gasteiger partial charge in [0.25, 0.3) is 5.91 Å². The number of benzene rings is 1. The van der Waals surface area contributed by atoms with E-state index >= 15 is 0 Å². The molecule has 0 spiro atoms. The smallest absolute Gasteiger partial charge is 0.260 e. The van der Waals surface area contributed by atoms with Gasteiger partial charge in [0.15, 0.2) is 5.65 Å². The Hall–Kier alpha value is -3.03. The highest BCUT2D eigenvalue weighted by Crippen LogP contribution is 2.15. The fourth-order valence-electron chi connectivity index (χ4n) is 1.69. The molecular weight excluding hydrogens is 263 g/mol. The van der Waals surface area contributed by atoms with Crippen molar-refractivity contribution >= 4 is 28.7 Å². The summed E-state index contributed by atoms with van der Waals surface area (Å²) in [5.74, 6) is -1.07. The standard InChI is InChI=1S/C12H9FN6O/c13-6-1-2-8(14)7(3-6)11(20)19-12-15-4-9-10(18-12)17-5-16-9/h1-5H,14H2,(H2,15,16,17,18,19,20). The molecule has 0 unspecified atom stereocenters. The van der Waals surface area contributed by atoms with E-state index in [1.165, 1.54) is 24.7 Å². The number of carbonyl (C=O) groups is 1. The van der Waals surface area contributed by atoms with E-state index in [0.29, 0.717) is 11.2 Å². The molecule has 7 nitrogen and oxygen atoms in total. The first-order valence-electron chi connectivity index (χ1n) is 5.66. The van der Waals surface area contributed by atoms with Crippen LogP contribution in [-0.2, 0) is 0 Å². The molecule has 2 heterocycles. The number of rotatable bonds is 2. The molecule has 20 heavy (non-hydrogen) atoms. The summed E-state index contributed by atoms with van der Waals surface area (Å²) in [6.07, 6.45) is 2.95. The molecule has 0 radical (unpaired) electrons. The van der Waals surface area contributed by atoms with Gasteiger partial charge in [-0.3, -0.25) is 10.1 Å². The molecule has 100 valence electrons. The second kappa shape index (κ2) is 4.57. The number of nitrogens with two attached hydrogens (primary N) is 1. The van der Waals surface area contributed by atoms with Gasteiger partial charge in [0, 0.05) is 5.69 Å². The molecule has 8 heteroatoms. The van der Waals surface area contributed by atoms with Crippen molar-refractivity contribution in [1.29, 1.82) is 0 Å². The summed E-state index contributed by atoms with van der Waals surface area (Å²) < 4.78 is 13.1. The van der Waals surface area contributed by atoms with Gasteiger partial charge >= 0.3 is 0 Å². The van der Waals surface area contributed by atoms with Crippen LogP contribution in [-0.4, -0.2) is 25.8 Å². The lowest BCUT2D eigenvalue weighted by molar-refractivity contribution is 0.102. The normalized spacial score (nSPS) is 10.7. The number of hydrogen-bond donors (Lipinski definition) is 3. The van der Waals surface area contributed by atoms with Crippen molar-refractivity contribution in [2.24, 2.45) is 0 Å². The molecule has 0 aliphatic heterocycles. The third-order valence-corrected chi connectivity index (χ3v) is 2.66. The van der Waals surface area contributed by atoms with E-state index in [0.717, 1.165) is 6.07 Å². The zero-order valence-electron chi connectivity index (χ0n) is 10.1. The van der Waals surface area contributed by atoms with Crippen LogP contribution in [0.1, 0.15) is 10.4 Å². The number of H-pyrrole nitrogens is 1. The number of imidazole rings is 1. The maximum Gasteiger partial charge on any atom is 0.260 e. The Bertz CT molecular complexity index is 799. The molecule has 3 aromatic rings. The molecule has 0 saturated carbocycles. The Morgan fingerprint density at radius 3 is 3.05 bits per heavy atom. The first kappa shape index (κ1) is 12.0. The number of hydrogen-bond acceptors (Lipinski definition) is 5. The topological polar surface area (TPSA) is 110 Å². The number of nitrogens with one attached hydrogen (secondary N) is 2. The van der Waals surface area contributed by atoms with Crippen LogP contribution < -0.4 is 11.1 Å². The summed E-state index contributed by atoms with van der Waals surface area (Å²) in [5.41, 5.74) is 6.89. The summed E-state index contributed by atoms with van der Waals surface area (Å²) in [4.78, 5) is 26.8. The highest BCUT2D eigenvalue weighted by atomic mass is 19.1. The van der Waals surface area contributed by atoms with E-state index in [4.69, 9.17) is 5.73 Å². The van der Waals surface area contributed by atoms with Gasteiger partial charge in [-0.15, -0.1) is 0 Å². The van der Waals surface area contributed by atoms with Gasteiger partial charge in [-0.2, -0.15) is 4.98 Å². The van der Waals surface area contributed by atoms with Crippen LogP contribution in [0.4, 0.5) is 16.0 Å². The van der Waals surface area contributed by atoms with Crippen molar-refractivity contribution in [3.63, 3.8) is 0 Å². The predicted octanol–water partition coefficient (Wildman–Crippen LogP) is 1.33. The molecule has 3 rings (SSSR count). The van der Waals surface area contributed by atoms with Gasteiger partial charge in [0.05, 0.1) is 18.1 Å². The number of aromatic nitrogens is 4. The number of aromatic amines is 1. The molecule has 0 bridgehead atoms. The second-order valence-electron chi connectivity index (χ2n) is 4.02. The van der Waals surface area contributed by atoms with Crippen molar-refractivity contribution in [1.82, 2.24) is 19.9 Å². The maximum atomic E-state index is 13.1. The number of halogens is 1. The number of fused-ring (bicyclic) bond motifs is 1. The van der Waals surface area contributed by atoms with Gasteiger partial charge in [-0.1, -0.05) is 0 Å². The monoisotopic (exact) mass is 272 g/mol. The fraction of sp³-hybridized carbons (Fsp3) is 0. The SMILES string of the molecule is Nc1ccc(F)cc1C(=O)Nc1ncc2[nH]cnc2n1. The van der Waals surface area contributed by atoms with Crippen molar-refractivity contribution < 1.29 is 9.18 Å². The van der Waals surface area contributed by atoms with Crippen molar-refractivity contribution in [2.45, 2.75) is 0 Å². The first-order valence-corrected chi connectivity index (χ1v) is 5.66. The minimum Gasteiger partial charge on any atom is -0.398 e. The van der Waals surface area contributed by atoms with E-state index < -0.39 is 11.7 Å². The van der Waals surface area contributed by atoms with Crippen molar-refractivity contribution in [3.8, 4) is 0 Å². The lowest BCUT2D eigenvalue weighted by Crippen LogP contribution is -2.16. The third kappa shape index (κ3) is 2.14. The zero-order chi connectivity index (χ0) is 14.1. The second-order valence-corrected chi connectivity index (χ2v) is 4.02. The summed E-state index contributed by atoms with van der Waals surface area (Å²) in [6, 6.07) is 3.55. The van der Waals surface area contributed by atoms with E-state index in [9.17, 15) is 9.18 Å².